The average molecular weight is 627 g/mol. The van der Waals surface area contributed by atoms with Gasteiger partial charge >= 0.3 is 0 Å². The summed E-state index contributed by atoms with van der Waals surface area (Å²) in [7, 11) is 0. The Bertz CT molecular complexity index is 1560. The third-order valence-electron chi connectivity index (χ3n) is 7.35. The molecule has 0 amide bonds. The monoisotopic (exact) mass is 626 g/mol. The van der Waals surface area contributed by atoms with Gasteiger partial charge in [-0.25, -0.2) is 0 Å². The van der Waals surface area contributed by atoms with E-state index in [-0.39, 0.29) is 11.1 Å². The molecule has 44 heavy (non-hydrogen) atoms. The fourth-order valence-electron chi connectivity index (χ4n) is 4.99. The van der Waals surface area contributed by atoms with E-state index in [4.69, 9.17) is 23.4 Å². The molecule has 3 aromatic rings. The van der Waals surface area contributed by atoms with Crippen LogP contribution in [0.1, 0.15) is 0 Å². The van der Waals surface area contributed by atoms with E-state index in [1.807, 2.05) is 0 Å². The molecule has 11 N–H and O–H groups in total. The topological polar surface area (TPSA) is 290 Å². The summed E-state index contributed by atoms with van der Waals surface area (Å²) in [5, 5.41) is 111. The van der Waals surface area contributed by atoms with Crippen LogP contribution in [0.5, 0.6) is 28.7 Å². The molecule has 0 spiro atoms. The van der Waals surface area contributed by atoms with Crippen molar-refractivity contribution in [3.05, 3.63) is 40.6 Å². The van der Waals surface area contributed by atoms with Gasteiger partial charge in [-0.1, -0.05) is 0 Å². The van der Waals surface area contributed by atoms with E-state index in [0.29, 0.717) is 0 Å². The predicted molar refractivity (Wildman–Crippen MR) is 142 cm³/mol. The summed E-state index contributed by atoms with van der Waals surface area (Å²) in [6.07, 6.45) is -17.9. The van der Waals surface area contributed by atoms with Crippen LogP contribution in [0.3, 0.4) is 0 Å². The van der Waals surface area contributed by atoms with E-state index in [9.17, 15) is 61.0 Å². The third kappa shape index (κ3) is 5.61. The van der Waals surface area contributed by atoms with Crippen molar-refractivity contribution in [1.29, 1.82) is 0 Å². The zero-order valence-electron chi connectivity index (χ0n) is 22.4. The third-order valence-corrected chi connectivity index (χ3v) is 7.35. The Morgan fingerprint density at radius 2 is 1.36 bits per heavy atom. The first-order valence-electron chi connectivity index (χ1n) is 13.2. The van der Waals surface area contributed by atoms with Gasteiger partial charge in [0.1, 0.15) is 71.3 Å². The Kier molecular flexibility index (Phi) is 8.87. The van der Waals surface area contributed by atoms with Gasteiger partial charge < -0.3 is 79.5 Å². The average Bonchev–Trinajstić information content (AvgIpc) is 2.98. The number of ether oxygens (including phenoxy) is 4. The zero-order chi connectivity index (χ0) is 32.0. The Morgan fingerprint density at radius 1 is 0.705 bits per heavy atom. The summed E-state index contributed by atoms with van der Waals surface area (Å²) in [5.74, 6) is -3.49. The number of aromatic hydroxyl groups is 4. The van der Waals surface area contributed by atoms with Gasteiger partial charge in [0.2, 0.25) is 17.5 Å². The molecule has 0 radical (unpaired) electrons. The molecule has 0 unspecified atom stereocenters. The molecule has 0 aliphatic carbocycles. The van der Waals surface area contributed by atoms with Crippen LogP contribution in [-0.4, -0.2) is 131 Å². The van der Waals surface area contributed by atoms with Gasteiger partial charge in [0.25, 0.3) is 0 Å². The van der Waals surface area contributed by atoms with Gasteiger partial charge in [-0.05, 0) is 18.2 Å². The first-order valence-corrected chi connectivity index (χ1v) is 13.2. The fourth-order valence-corrected chi connectivity index (χ4v) is 4.99. The van der Waals surface area contributed by atoms with Crippen molar-refractivity contribution < 1.29 is 79.5 Å². The quantitative estimate of drug-likeness (QED) is 0.119. The first-order chi connectivity index (χ1) is 20.9. The van der Waals surface area contributed by atoms with E-state index >= 15 is 0 Å². The number of phenols is 4. The summed E-state index contributed by atoms with van der Waals surface area (Å²) in [6.45, 7) is -1.68. The summed E-state index contributed by atoms with van der Waals surface area (Å²) < 4.78 is 27.8. The maximum absolute atomic E-state index is 13.6. The standard InChI is InChI=1S/C27H30O17/c28-6-14-17(34)20(37)21(38)26(41-14)43-24-18(35)15(7-29)42-27(22(24)39)44-25-19(36)16-12(33)4-9(30)5-13(16)40-23(25)8-1-2-10(31)11(32)3-8/h1-5,14-15,17-18,20-22,24,26-35,37-39H,6-7H2/t14-,15-,17+,18+,20+,21-,22-,24+,26+,27+/m0/s1. The van der Waals surface area contributed by atoms with Crippen LogP contribution < -0.4 is 10.2 Å². The van der Waals surface area contributed by atoms with Crippen LogP contribution >= 0.6 is 0 Å². The molecule has 5 rings (SSSR count). The molecular weight excluding hydrogens is 596 g/mol. The van der Waals surface area contributed by atoms with Crippen LogP contribution in [0.25, 0.3) is 22.3 Å². The molecule has 2 saturated heterocycles. The van der Waals surface area contributed by atoms with Gasteiger partial charge in [-0.3, -0.25) is 4.79 Å². The smallest absolute Gasteiger partial charge is 0.239 e. The van der Waals surface area contributed by atoms with Crippen LogP contribution in [0.4, 0.5) is 0 Å². The number of benzene rings is 2. The number of phenolic OH excluding ortho intramolecular Hbond substituents is 4. The maximum atomic E-state index is 13.6. The normalized spacial score (nSPS) is 32.5. The SMILES string of the molecule is O=c1c(O[C@H]2O[C@@H](CO)[C@@H](O)[C@@H](O[C@H]3O[C@@H](CO)[C@@H](O)[C@@H](O)[C@@H]3O)[C@@H]2O)c(-c2ccc(O)c(O)c2)oc2cc(O)cc(O)c12. The fraction of sp³-hybridized carbons (Fsp3) is 0.444. The lowest BCUT2D eigenvalue weighted by molar-refractivity contribution is -0.352. The highest BCUT2D eigenvalue weighted by Gasteiger charge is 2.51. The Labute approximate surface area is 246 Å². The minimum absolute atomic E-state index is 0.0599. The molecule has 0 bridgehead atoms. The molecule has 2 fully saturated rings. The molecular formula is C27H30O17. The predicted octanol–water partition coefficient (Wildman–Crippen LogP) is -2.71. The van der Waals surface area contributed by atoms with E-state index in [1.54, 1.807) is 0 Å². The Balaban J connectivity index is 1.55. The van der Waals surface area contributed by atoms with Crippen LogP contribution in [0.2, 0.25) is 0 Å². The number of aliphatic hydroxyl groups excluding tert-OH is 7. The molecule has 2 aliphatic heterocycles. The second kappa shape index (κ2) is 12.3. The lowest BCUT2D eigenvalue weighted by Gasteiger charge is -2.45. The second-order valence-electron chi connectivity index (χ2n) is 10.3. The van der Waals surface area contributed by atoms with Crippen molar-refractivity contribution in [3.63, 3.8) is 0 Å². The largest absolute Gasteiger partial charge is 0.508 e. The van der Waals surface area contributed by atoms with Gasteiger partial charge in [0, 0.05) is 17.7 Å². The molecule has 17 nitrogen and oxygen atoms in total. The zero-order valence-corrected chi connectivity index (χ0v) is 22.4. The van der Waals surface area contributed by atoms with E-state index in [1.165, 1.54) is 6.07 Å². The maximum Gasteiger partial charge on any atom is 0.239 e. The molecule has 2 aliphatic rings. The van der Waals surface area contributed by atoms with E-state index < -0.39 is 120 Å². The number of aliphatic hydroxyl groups is 7. The van der Waals surface area contributed by atoms with Crippen molar-refractivity contribution in [3.8, 4) is 40.1 Å². The highest BCUT2D eigenvalue weighted by molar-refractivity contribution is 5.88. The highest BCUT2D eigenvalue weighted by atomic mass is 16.7. The van der Waals surface area contributed by atoms with Gasteiger partial charge in [-0.2, -0.15) is 0 Å². The summed E-state index contributed by atoms with van der Waals surface area (Å²) in [6, 6.07) is 5.14. The highest BCUT2D eigenvalue weighted by Crippen LogP contribution is 2.40. The summed E-state index contributed by atoms with van der Waals surface area (Å²) >= 11 is 0. The molecule has 1 aromatic heterocycles. The number of rotatable bonds is 7. The van der Waals surface area contributed by atoms with E-state index in [0.717, 1.165) is 24.3 Å². The van der Waals surface area contributed by atoms with Crippen LogP contribution in [-0.2, 0) is 14.2 Å². The molecule has 2 aromatic carbocycles. The number of hydrogen-bond acceptors (Lipinski definition) is 17. The van der Waals surface area contributed by atoms with Gasteiger partial charge in [0.05, 0.1) is 13.2 Å². The van der Waals surface area contributed by atoms with Crippen LogP contribution in [0.15, 0.2) is 39.5 Å². The second-order valence-corrected chi connectivity index (χ2v) is 10.3. The Hall–Kier alpha value is -3.75. The summed E-state index contributed by atoms with van der Waals surface area (Å²) in [4.78, 5) is 13.6. The summed E-state index contributed by atoms with van der Waals surface area (Å²) in [5.41, 5.74) is -1.43. The van der Waals surface area contributed by atoms with Crippen molar-refractivity contribution >= 4 is 11.0 Å². The molecule has 17 heteroatoms. The molecule has 240 valence electrons. The van der Waals surface area contributed by atoms with Crippen molar-refractivity contribution in [2.45, 2.75) is 61.4 Å². The number of fused-ring (bicyclic) bond motifs is 1. The van der Waals surface area contributed by atoms with Crippen molar-refractivity contribution in [1.82, 2.24) is 0 Å². The molecule has 10 atom stereocenters. The van der Waals surface area contributed by atoms with Gasteiger partial charge in [-0.15, -0.1) is 0 Å². The minimum atomic E-state index is -2.04. The minimum Gasteiger partial charge on any atom is -0.508 e. The van der Waals surface area contributed by atoms with Crippen molar-refractivity contribution in [2.24, 2.45) is 0 Å². The first kappa shape index (κ1) is 31.7. The molecule has 3 heterocycles. The number of hydrogen-bond donors (Lipinski definition) is 11. The van der Waals surface area contributed by atoms with Crippen LogP contribution in [0, 0.1) is 0 Å². The van der Waals surface area contributed by atoms with Crippen molar-refractivity contribution in [2.75, 3.05) is 13.2 Å². The lowest BCUT2D eigenvalue weighted by Crippen LogP contribution is -2.65. The van der Waals surface area contributed by atoms with Gasteiger partial charge in [0.15, 0.2) is 23.5 Å². The molecule has 0 saturated carbocycles. The Morgan fingerprint density at radius 3 is 2.02 bits per heavy atom. The van der Waals surface area contributed by atoms with E-state index in [2.05, 4.69) is 0 Å². The lowest BCUT2D eigenvalue weighted by atomic mass is 9.97.